The number of sulfone groups is 1. The molecule has 1 aromatic heterocycles. The van der Waals surface area contributed by atoms with Gasteiger partial charge >= 0.3 is 11.9 Å². The second kappa shape index (κ2) is 9.45. The van der Waals surface area contributed by atoms with Crippen LogP contribution < -0.4 is 4.80 Å². The summed E-state index contributed by atoms with van der Waals surface area (Å²) in [4.78, 5) is 41.1. The number of benzene rings is 2. The van der Waals surface area contributed by atoms with Gasteiger partial charge in [-0.25, -0.2) is 13.2 Å². The van der Waals surface area contributed by atoms with Crippen molar-refractivity contribution in [2.75, 3.05) is 20.0 Å². The Bertz CT molecular complexity index is 1370. The molecule has 0 atom stereocenters. The Hall–Kier alpha value is -3.31. The molecule has 11 heteroatoms. The first-order chi connectivity index (χ1) is 15.1. The molecule has 0 saturated heterocycles. The van der Waals surface area contributed by atoms with Gasteiger partial charge < -0.3 is 14.0 Å². The highest BCUT2D eigenvalue weighted by molar-refractivity contribution is 7.90. The average Bonchev–Trinajstić information content (AvgIpc) is 3.09. The minimum absolute atomic E-state index is 0.0863. The molecule has 0 aliphatic carbocycles. The normalized spacial score (nSPS) is 12.0. The molecular weight excluding hydrogens is 456 g/mol. The maximum absolute atomic E-state index is 12.7. The number of thiazole rings is 1. The van der Waals surface area contributed by atoms with Gasteiger partial charge in [-0.15, -0.1) is 0 Å². The fourth-order valence-electron chi connectivity index (χ4n) is 2.84. The maximum atomic E-state index is 12.7. The molecule has 3 aromatic rings. The number of carbonyl (C=O) groups is 3. The van der Waals surface area contributed by atoms with Crippen molar-refractivity contribution < 1.29 is 32.3 Å². The highest BCUT2D eigenvalue weighted by Gasteiger charge is 2.16. The zero-order chi connectivity index (χ0) is 23.5. The van der Waals surface area contributed by atoms with E-state index >= 15 is 0 Å². The lowest BCUT2D eigenvalue weighted by atomic mass is 10.2. The Kier molecular flexibility index (Phi) is 6.90. The van der Waals surface area contributed by atoms with E-state index in [1.807, 2.05) is 0 Å². The molecular formula is C21H20N2O7S2. The largest absolute Gasteiger partial charge is 0.468 e. The molecule has 1 heterocycles. The molecule has 2 aromatic carbocycles. The summed E-state index contributed by atoms with van der Waals surface area (Å²) in [6.45, 7) is 1.75. The lowest BCUT2D eigenvalue weighted by molar-refractivity contribution is -0.141. The number of methoxy groups -OCH3 is 1. The van der Waals surface area contributed by atoms with Gasteiger partial charge in [-0.05, 0) is 49.4 Å². The molecule has 0 spiro atoms. The summed E-state index contributed by atoms with van der Waals surface area (Å²) in [6.07, 6.45) is 1.08. The van der Waals surface area contributed by atoms with Crippen molar-refractivity contribution in [1.82, 2.24) is 4.57 Å². The van der Waals surface area contributed by atoms with Gasteiger partial charge in [-0.3, -0.25) is 9.59 Å². The fourth-order valence-corrected chi connectivity index (χ4v) is 4.54. The van der Waals surface area contributed by atoms with Crippen LogP contribution in [0.4, 0.5) is 0 Å². The second-order valence-corrected chi connectivity index (χ2v) is 9.69. The van der Waals surface area contributed by atoms with Crippen molar-refractivity contribution in [2.45, 2.75) is 18.4 Å². The molecule has 0 bridgehead atoms. The van der Waals surface area contributed by atoms with Crippen molar-refractivity contribution in [3.05, 3.63) is 58.4 Å². The van der Waals surface area contributed by atoms with Crippen LogP contribution in [0.25, 0.3) is 10.2 Å². The Balaban J connectivity index is 2.09. The maximum Gasteiger partial charge on any atom is 0.338 e. The van der Waals surface area contributed by atoms with Crippen molar-refractivity contribution in [3.63, 3.8) is 0 Å². The van der Waals surface area contributed by atoms with Crippen LogP contribution in [0, 0.1) is 0 Å². The Morgan fingerprint density at radius 3 is 2.31 bits per heavy atom. The van der Waals surface area contributed by atoms with E-state index in [9.17, 15) is 22.8 Å². The molecule has 3 rings (SSSR count). The third-order valence-electron chi connectivity index (χ3n) is 4.44. The van der Waals surface area contributed by atoms with E-state index in [1.165, 1.54) is 35.9 Å². The molecule has 0 saturated carbocycles. The summed E-state index contributed by atoms with van der Waals surface area (Å²) in [5, 5.41) is 0. The predicted molar refractivity (Wildman–Crippen MR) is 117 cm³/mol. The van der Waals surface area contributed by atoms with Crippen LogP contribution in [0.15, 0.2) is 52.4 Å². The van der Waals surface area contributed by atoms with E-state index in [1.54, 1.807) is 25.1 Å². The summed E-state index contributed by atoms with van der Waals surface area (Å²) in [7, 11) is -2.14. The van der Waals surface area contributed by atoms with Crippen LogP contribution in [0.5, 0.6) is 0 Å². The number of rotatable bonds is 6. The van der Waals surface area contributed by atoms with Crippen molar-refractivity contribution in [2.24, 2.45) is 4.99 Å². The van der Waals surface area contributed by atoms with Gasteiger partial charge in [-0.2, -0.15) is 4.99 Å². The number of hydrogen-bond acceptors (Lipinski definition) is 8. The second-order valence-electron chi connectivity index (χ2n) is 6.66. The number of ether oxygens (including phenoxy) is 2. The number of fused-ring (bicyclic) bond motifs is 1. The van der Waals surface area contributed by atoms with E-state index in [0.29, 0.717) is 15.8 Å². The molecule has 0 aliphatic rings. The first-order valence-electron chi connectivity index (χ1n) is 9.40. The topological polar surface area (TPSA) is 121 Å². The van der Waals surface area contributed by atoms with Gasteiger partial charge in [0.2, 0.25) is 0 Å². The highest BCUT2D eigenvalue weighted by atomic mass is 32.2. The van der Waals surface area contributed by atoms with Crippen LogP contribution in [-0.4, -0.2) is 50.8 Å². The van der Waals surface area contributed by atoms with Crippen molar-refractivity contribution in [1.29, 1.82) is 0 Å². The van der Waals surface area contributed by atoms with Crippen LogP contribution in [-0.2, 0) is 30.7 Å². The highest BCUT2D eigenvalue weighted by Crippen LogP contribution is 2.20. The summed E-state index contributed by atoms with van der Waals surface area (Å²) in [6, 6.07) is 10.2. The summed E-state index contributed by atoms with van der Waals surface area (Å²) >= 11 is 1.12. The Morgan fingerprint density at radius 2 is 1.72 bits per heavy atom. The molecule has 168 valence electrons. The van der Waals surface area contributed by atoms with Gasteiger partial charge in [0.25, 0.3) is 5.91 Å². The Morgan fingerprint density at radius 1 is 1.06 bits per heavy atom. The first kappa shape index (κ1) is 23.4. The molecule has 32 heavy (non-hydrogen) atoms. The Labute approximate surface area is 187 Å². The van der Waals surface area contributed by atoms with Crippen molar-refractivity contribution >= 4 is 49.2 Å². The van der Waals surface area contributed by atoms with Gasteiger partial charge in [0.15, 0.2) is 14.6 Å². The van der Waals surface area contributed by atoms with Crippen LogP contribution in [0.3, 0.4) is 0 Å². The minimum atomic E-state index is -3.39. The van der Waals surface area contributed by atoms with Crippen LogP contribution in [0.1, 0.15) is 27.6 Å². The van der Waals surface area contributed by atoms with Crippen molar-refractivity contribution in [3.8, 4) is 0 Å². The monoisotopic (exact) mass is 476 g/mol. The van der Waals surface area contributed by atoms with Gasteiger partial charge in [0.05, 0.1) is 34.4 Å². The molecule has 0 radical (unpaired) electrons. The number of nitrogens with zero attached hydrogens (tertiary/aromatic N) is 2. The molecule has 0 aliphatic heterocycles. The van der Waals surface area contributed by atoms with E-state index in [2.05, 4.69) is 4.99 Å². The number of hydrogen-bond donors (Lipinski definition) is 0. The number of carbonyl (C=O) groups excluding carboxylic acids is 3. The van der Waals surface area contributed by atoms with Crippen LogP contribution >= 0.6 is 11.3 Å². The smallest absolute Gasteiger partial charge is 0.338 e. The number of amides is 1. The predicted octanol–water partition coefficient (Wildman–Crippen LogP) is 2.20. The lowest BCUT2D eigenvalue weighted by Gasteiger charge is -2.05. The van der Waals surface area contributed by atoms with Gasteiger partial charge in [-0.1, -0.05) is 11.3 Å². The first-order valence-corrected chi connectivity index (χ1v) is 12.1. The summed E-state index contributed by atoms with van der Waals surface area (Å²) in [5.41, 5.74) is 1.11. The molecule has 0 unspecified atom stereocenters. The van der Waals surface area contributed by atoms with Gasteiger partial charge in [0.1, 0.15) is 6.54 Å². The van der Waals surface area contributed by atoms with E-state index in [0.717, 1.165) is 17.6 Å². The summed E-state index contributed by atoms with van der Waals surface area (Å²) in [5.74, 6) is -1.63. The van der Waals surface area contributed by atoms with E-state index < -0.39 is 27.7 Å². The van der Waals surface area contributed by atoms with Gasteiger partial charge in [0, 0.05) is 11.8 Å². The lowest BCUT2D eigenvalue weighted by Crippen LogP contribution is -2.22. The molecule has 1 amide bonds. The minimum Gasteiger partial charge on any atom is -0.468 e. The fraction of sp³-hybridized carbons (Fsp3) is 0.238. The third kappa shape index (κ3) is 5.11. The quantitative estimate of drug-likeness (QED) is 0.500. The average molecular weight is 477 g/mol. The molecule has 0 N–H and O–H groups in total. The third-order valence-corrected chi connectivity index (χ3v) is 6.60. The standard InChI is InChI=1S/C21H20N2O7S2/c1-4-30-20(26)14-7-10-16-17(11-14)31-21(23(16)12-18(24)29-2)22-19(25)13-5-8-15(9-6-13)32(3,27)28/h5-11H,4,12H2,1-3H3. The zero-order valence-corrected chi connectivity index (χ0v) is 19.2. The SMILES string of the molecule is CCOC(=O)c1ccc2c(c1)sc(=NC(=O)c1ccc(S(C)(=O)=O)cc1)n2CC(=O)OC. The van der Waals surface area contributed by atoms with Crippen LogP contribution in [0.2, 0.25) is 0 Å². The number of esters is 2. The summed E-state index contributed by atoms with van der Waals surface area (Å²) < 4.78 is 35.1. The number of aromatic nitrogens is 1. The zero-order valence-electron chi connectivity index (χ0n) is 17.5. The molecule has 9 nitrogen and oxygen atoms in total. The van der Waals surface area contributed by atoms with E-state index in [4.69, 9.17) is 9.47 Å². The molecule has 0 fully saturated rings. The van der Waals surface area contributed by atoms with E-state index in [-0.39, 0.29) is 28.4 Å².